The van der Waals surface area contributed by atoms with Crippen LogP contribution in [0.25, 0.3) is 153 Å². The first-order chi connectivity index (χ1) is 43.8. The van der Waals surface area contributed by atoms with Gasteiger partial charge in [0.2, 0.25) is 0 Å². The first kappa shape index (κ1) is 51.4. The van der Waals surface area contributed by atoms with Crippen molar-refractivity contribution < 1.29 is 27.6 Å². The minimum absolute atomic E-state index is 0.263. The highest BCUT2D eigenvalue weighted by molar-refractivity contribution is 7.64. The van der Waals surface area contributed by atoms with Crippen LogP contribution in [0.3, 0.4) is 0 Å². The first-order valence-electron chi connectivity index (χ1n) is 29.7. The van der Waals surface area contributed by atoms with Crippen molar-refractivity contribution in [3.05, 3.63) is 291 Å². The molecule has 0 aromatic heterocycles. The molecule has 0 radical (unpaired) electrons. The van der Waals surface area contributed by atoms with Crippen molar-refractivity contribution in [1.29, 1.82) is 0 Å². The van der Waals surface area contributed by atoms with E-state index < -0.39 is 15.5 Å². The monoisotopic (exact) mass is 1180 g/mol. The largest absolute Gasteiger partial charge is 0.569 e. The summed E-state index contributed by atoms with van der Waals surface area (Å²) in [4.78, 5) is 14.4. The molecule has 0 fully saturated rings. The van der Waals surface area contributed by atoms with Gasteiger partial charge in [0.25, 0.3) is 0 Å². The van der Waals surface area contributed by atoms with Crippen LogP contribution in [0.4, 0.5) is 0 Å². The number of nitrogens with zero attached hydrogens (tertiary/aromatic N) is 1. The van der Waals surface area contributed by atoms with Gasteiger partial charge in [-0.3, -0.25) is 4.89 Å². The summed E-state index contributed by atoms with van der Waals surface area (Å²) in [5, 5.41) is 15.4. The van der Waals surface area contributed by atoms with E-state index in [9.17, 15) is 4.89 Å². The molecule has 1 N–H and O–H groups in total. The molecule has 420 valence electrons. The summed E-state index contributed by atoms with van der Waals surface area (Å²) >= 11 is 0. The number of benzene rings is 16. The second-order valence-electron chi connectivity index (χ2n) is 23.1. The van der Waals surface area contributed by atoms with Crippen LogP contribution in [0.2, 0.25) is 0 Å². The van der Waals surface area contributed by atoms with E-state index >= 15 is 4.57 Å². The normalized spacial score (nSPS) is 13.8. The van der Waals surface area contributed by atoms with Crippen LogP contribution in [-0.2, 0) is 4.57 Å². The molecule has 0 aliphatic carbocycles. The van der Waals surface area contributed by atoms with Gasteiger partial charge in [-0.05, 0) is 157 Å². The van der Waals surface area contributed by atoms with Crippen LogP contribution in [0, 0.1) is 0 Å². The Morgan fingerprint density at radius 2 is 0.472 bits per heavy atom. The molecule has 0 saturated carbocycles. The Labute approximate surface area is 511 Å². The van der Waals surface area contributed by atoms with Gasteiger partial charge in [-0.1, -0.05) is 247 Å². The number of fused-ring (bicyclic) bond motifs is 18. The maximum Gasteiger partial charge on any atom is 0.569 e. The van der Waals surface area contributed by atoms with Crippen LogP contribution in [0.5, 0.6) is 23.0 Å². The second-order valence-corrected chi connectivity index (χ2v) is 26.4. The summed E-state index contributed by atoms with van der Waals surface area (Å²) in [6.45, 7) is 0. The third-order valence-corrected chi connectivity index (χ3v) is 21.3. The van der Waals surface area contributed by atoms with Crippen LogP contribution in [-0.4, -0.2) is 4.89 Å². The molecular formula is C80H49NO6P2. The maximum atomic E-state index is 17.6. The zero-order valence-electron chi connectivity index (χ0n) is 47.5. The molecule has 7 nitrogen and oxygen atoms in total. The summed E-state index contributed by atoms with van der Waals surface area (Å²) in [6, 6.07) is 99.3. The number of rotatable bonds is 5. The van der Waals surface area contributed by atoms with Crippen molar-refractivity contribution in [3.63, 3.8) is 0 Å². The van der Waals surface area contributed by atoms with Gasteiger partial charge in [0.1, 0.15) is 23.0 Å². The molecule has 9 heteroatoms. The van der Waals surface area contributed by atoms with Gasteiger partial charge in [-0.2, -0.15) is 0 Å². The molecule has 2 aliphatic heterocycles. The van der Waals surface area contributed by atoms with Gasteiger partial charge in [0, 0.05) is 44.5 Å². The highest BCUT2D eigenvalue weighted by Crippen LogP contribution is 2.71. The summed E-state index contributed by atoms with van der Waals surface area (Å²) in [7, 11) is -10.2. The summed E-state index contributed by atoms with van der Waals surface area (Å²) < 4.78 is 52.4. The Morgan fingerprint density at radius 3 is 0.742 bits per heavy atom. The lowest BCUT2D eigenvalue weighted by Gasteiger charge is -2.23. The molecular weight excluding hydrogens is 1130 g/mol. The lowest BCUT2D eigenvalue weighted by Crippen LogP contribution is -2.05. The SMILES string of the molecule is O=P1(N=P2(O)Oc3c(-c4ccc5ccccc5c4)cc4ccccc4c3-c3c(c(-c4ccc5ccccc5c4)cc4ccccc34)O2)Oc2c(-c3ccc4ccccc4c3)cc3ccccc3c2-c2c(c(-c3ccc4ccccc4c3)cc3ccccc23)O1. The molecule has 0 amide bonds. The fourth-order valence-electron chi connectivity index (χ4n) is 13.7. The topological polar surface area (TPSA) is 86.6 Å². The standard InChI is InChI=1S/C80H49NO6P2/c82-88(84-77-69(61-37-33-49-17-1-5-21-53(49)41-61)45-57-25-9-13-29-65(57)73(77)74-66-30-14-10-26-58(66)46-70(78(74)85-88)62-38-34-50-18-2-6-22-54(50)42-62)81-89(83)86-79-71(63-39-35-51-19-3-7-23-55(51)43-63)47-59-27-11-15-31-67(59)75(79)76-68-32-16-12-28-60(68)48-72(80(76)87-89)64-40-36-52-20-4-8-24-56(52)44-64/h1-48,82H. The summed E-state index contributed by atoms with van der Waals surface area (Å²) in [5.41, 5.74) is 8.58. The minimum Gasteiger partial charge on any atom is -0.408 e. The van der Waals surface area contributed by atoms with Crippen LogP contribution < -0.4 is 18.1 Å². The average Bonchev–Trinajstić information content (AvgIpc) is 2.21. The average molecular weight is 1180 g/mol. The lowest BCUT2D eigenvalue weighted by molar-refractivity contribution is 0.361. The van der Waals surface area contributed by atoms with Crippen LogP contribution in [0.15, 0.2) is 296 Å². The fraction of sp³-hybridized carbons (Fsp3) is 0. The third-order valence-electron chi connectivity index (χ3n) is 17.8. The zero-order valence-corrected chi connectivity index (χ0v) is 49.3. The van der Waals surface area contributed by atoms with E-state index in [1.165, 1.54) is 0 Å². The minimum atomic E-state index is -5.21. The molecule has 18 rings (SSSR count). The van der Waals surface area contributed by atoms with E-state index in [-0.39, 0.29) is 11.5 Å². The van der Waals surface area contributed by atoms with Gasteiger partial charge >= 0.3 is 15.5 Å². The van der Waals surface area contributed by atoms with Gasteiger partial charge < -0.3 is 18.1 Å². The molecule has 2 heterocycles. The predicted molar refractivity (Wildman–Crippen MR) is 367 cm³/mol. The Morgan fingerprint density at radius 1 is 0.247 bits per heavy atom. The van der Waals surface area contributed by atoms with Gasteiger partial charge in [0.05, 0.1) is 0 Å². The molecule has 0 bridgehead atoms. The number of hydrogen-bond donors (Lipinski definition) is 1. The van der Waals surface area contributed by atoms with Crippen molar-refractivity contribution >= 4 is 102 Å². The van der Waals surface area contributed by atoms with E-state index in [1.807, 2.05) is 97.1 Å². The van der Waals surface area contributed by atoms with Crippen molar-refractivity contribution in [2.45, 2.75) is 0 Å². The van der Waals surface area contributed by atoms with Gasteiger partial charge in [0.15, 0.2) is 0 Å². The molecule has 89 heavy (non-hydrogen) atoms. The third kappa shape index (κ3) is 8.46. The van der Waals surface area contributed by atoms with Crippen molar-refractivity contribution in [2.75, 3.05) is 0 Å². The van der Waals surface area contributed by atoms with E-state index in [0.29, 0.717) is 56.0 Å². The molecule has 0 spiro atoms. The summed E-state index contributed by atoms with van der Waals surface area (Å²) in [5.74, 6) is 1.12. The van der Waals surface area contributed by atoms with Crippen LogP contribution >= 0.6 is 15.5 Å². The highest BCUT2D eigenvalue weighted by Gasteiger charge is 2.46. The highest BCUT2D eigenvalue weighted by atomic mass is 31.2. The van der Waals surface area contributed by atoms with E-state index in [0.717, 1.165) is 108 Å². The molecule has 0 unspecified atom stereocenters. The maximum absolute atomic E-state index is 17.6. The Hall–Kier alpha value is -10.8. The smallest absolute Gasteiger partial charge is 0.408 e. The molecule has 0 atom stereocenters. The number of hydrogen-bond acceptors (Lipinski definition) is 5. The van der Waals surface area contributed by atoms with E-state index in [1.54, 1.807) is 0 Å². The summed E-state index contributed by atoms with van der Waals surface area (Å²) in [6.07, 6.45) is 0. The molecule has 16 aromatic rings. The van der Waals surface area contributed by atoms with Gasteiger partial charge in [-0.15, -0.1) is 0 Å². The molecule has 0 saturated heterocycles. The van der Waals surface area contributed by atoms with Crippen LogP contribution in [0.1, 0.15) is 0 Å². The molecule has 16 aromatic carbocycles. The second kappa shape index (κ2) is 19.9. The van der Waals surface area contributed by atoms with Gasteiger partial charge in [-0.25, -0.2) is 4.57 Å². The van der Waals surface area contributed by atoms with Crippen molar-refractivity contribution in [2.24, 2.45) is 4.52 Å². The predicted octanol–water partition coefficient (Wildman–Crippen LogP) is 23.2. The fourth-order valence-corrected chi connectivity index (χ4v) is 17.2. The Balaban J connectivity index is 0.973. The van der Waals surface area contributed by atoms with E-state index in [4.69, 9.17) is 22.6 Å². The Bertz CT molecular complexity index is 5510. The first-order valence-corrected chi connectivity index (χ1v) is 32.7. The molecule has 2 aliphatic rings. The quantitative estimate of drug-likeness (QED) is 0.173. The van der Waals surface area contributed by atoms with Crippen molar-refractivity contribution in [1.82, 2.24) is 0 Å². The zero-order chi connectivity index (χ0) is 59.0. The lowest BCUT2D eigenvalue weighted by atomic mass is 9.86. The Kier molecular flexibility index (Phi) is 11.5. The van der Waals surface area contributed by atoms with Crippen molar-refractivity contribution in [3.8, 4) is 89.8 Å². The van der Waals surface area contributed by atoms with E-state index in [2.05, 4.69) is 194 Å².